The predicted octanol–water partition coefficient (Wildman–Crippen LogP) is 1.59. The molecule has 0 bridgehead atoms. The van der Waals surface area contributed by atoms with E-state index < -0.39 is 0 Å². The maximum absolute atomic E-state index is 13.0. The second-order valence-electron chi connectivity index (χ2n) is 7.13. The number of aromatic amines is 1. The third kappa shape index (κ3) is 2.35. The first-order valence-electron chi connectivity index (χ1n) is 8.78. The summed E-state index contributed by atoms with van der Waals surface area (Å²) in [6.45, 7) is 3.85. The molecule has 3 heterocycles. The average Bonchev–Trinajstić information content (AvgIpc) is 3.00. The molecule has 2 aromatic heterocycles. The van der Waals surface area contributed by atoms with Crippen LogP contribution in [0.4, 0.5) is 0 Å². The van der Waals surface area contributed by atoms with Crippen LogP contribution in [0.25, 0.3) is 22.3 Å². The van der Waals surface area contributed by atoms with Crippen molar-refractivity contribution in [3.05, 3.63) is 41.6 Å². The van der Waals surface area contributed by atoms with E-state index in [-0.39, 0.29) is 17.7 Å². The Morgan fingerprint density at radius 2 is 1.96 bits per heavy atom. The molecule has 1 aromatic carbocycles. The van der Waals surface area contributed by atoms with E-state index in [2.05, 4.69) is 25.8 Å². The number of piperidine rings is 1. The van der Waals surface area contributed by atoms with Crippen LogP contribution in [-0.2, 0) is 0 Å². The SMILES string of the molecule is Cc1[nH]nc2nc(-c3ccc(O)cc3)cc(C(=O)NC3C4CNCC43)c12. The van der Waals surface area contributed by atoms with Gasteiger partial charge in [0.05, 0.1) is 16.6 Å². The van der Waals surface area contributed by atoms with E-state index in [4.69, 9.17) is 0 Å². The first kappa shape index (κ1) is 15.3. The van der Waals surface area contributed by atoms with Crippen LogP contribution in [-0.4, -0.2) is 45.3 Å². The van der Waals surface area contributed by atoms with Gasteiger partial charge >= 0.3 is 0 Å². The number of nitrogens with one attached hydrogen (secondary N) is 3. The summed E-state index contributed by atoms with van der Waals surface area (Å²) in [5.41, 5.74) is 3.42. The highest BCUT2D eigenvalue weighted by atomic mass is 16.3. The van der Waals surface area contributed by atoms with Crippen molar-refractivity contribution < 1.29 is 9.90 Å². The van der Waals surface area contributed by atoms with Crippen molar-refractivity contribution in [2.75, 3.05) is 13.1 Å². The van der Waals surface area contributed by atoms with Crippen LogP contribution >= 0.6 is 0 Å². The van der Waals surface area contributed by atoms with Crippen molar-refractivity contribution in [1.82, 2.24) is 25.8 Å². The molecule has 1 aliphatic heterocycles. The van der Waals surface area contributed by atoms with E-state index in [0.717, 1.165) is 29.7 Å². The number of aryl methyl sites for hydroxylation is 1. The Bertz CT molecular complexity index is 1000. The molecule has 2 atom stereocenters. The summed E-state index contributed by atoms with van der Waals surface area (Å²) in [5, 5.41) is 23.9. The lowest BCUT2D eigenvalue weighted by atomic mass is 10.0. The summed E-state index contributed by atoms with van der Waals surface area (Å²) in [6.07, 6.45) is 0. The Morgan fingerprint density at radius 3 is 2.69 bits per heavy atom. The van der Waals surface area contributed by atoms with E-state index in [0.29, 0.717) is 28.7 Å². The number of pyridine rings is 1. The minimum absolute atomic E-state index is 0.0821. The summed E-state index contributed by atoms with van der Waals surface area (Å²) in [4.78, 5) is 17.6. The van der Waals surface area contributed by atoms with Gasteiger partial charge < -0.3 is 15.7 Å². The fourth-order valence-electron chi connectivity index (χ4n) is 4.00. The van der Waals surface area contributed by atoms with Gasteiger partial charge in [0.1, 0.15) is 5.75 Å². The van der Waals surface area contributed by atoms with Gasteiger partial charge in [-0.3, -0.25) is 9.89 Å². The number of aromatic hydroxyl groups is 1. The smallest absolute Gasteiger partial charge is 0.252 e. The number of aromatic nitrogens is 3. The molecule has 1 saturated heterocycles. The minimum Gasteiger partial charge on any atom is -0.508 e. The van der Waals surface area contributed by atoms with E-state index >= 15 is 0 Å². The Kier molecular flexibility index (Phi) is 3.27. The van der Waals surface area contributed by atoms with Gasteiger partial charge in [-0.15, -0.1) is 0 Å². The average molecular weight is 349 g/mol. The van der Waals surface area contributed by atoms with Gasteiger partial charge in [0.2, 0.25) is 0 Å². The number of carbonyl (C=O) groups is 1. The fourth-order valence-corrected chi connectivity index (χ4v) is 4.00. The zero-order valence-electron chi connectivity index (χ0n) is 14.3. The molecule has 3 aromatic rings. The van der Waals surface area contributed by atoms with Gasteiger partial charge in [-0.05, 0) is 49.1 Å². The van der Waals surface area contributed by atoms with E-state index in [1.54, 1.807) is 24.3 Å². The number of H-pyrrole nitrogens is 1. The summed E-state index contributed by atoms with van der Waals surface area (Å²) in [5.74, 6) is 1.22. The van der Waals surface area contributed by atoms with Gasteiger partial charge in [-0.1, -0.05) is 0 Å². The van der Waals surface area contributed by atoms with Gasteiger partial charge in [0, 0.05) is 30.4 Å². The van der Waals surface area contributed by atoms with Gasteiger partial charge in [-0.25, -0.2) is 4.98 Å². The molecule has 7 heteroatoms. The van der Waals surface area contributed by atoms with Crippen LogP contribution < -0.4 is 10.6 Å². The van der Waals surface area contributed by atoms with Crippen LogP contribution in [0.5, 0.6) is 5.75 Å². The van der Waals surface area contributed by atoms with Crippen molar-refractivity contribution in [3.8, 4) is 17.0 Å². The highest BCUT2D eigenvalue weighted by Gasteiger charge is 2.53. The lowest BCUT2D eigenvalue weighted by Crippen LogP contribution is -2.32. The van der Waals surface area contributed by atoms with E-state index in [1.165, 1.54) is 0 Å². The summed E-state index contributed by atoms with van der Waals surface area (Å²) in [6, 6.07) is 8.84. The minimum atomic E-state index is -0.0821. The molecule has 5 rings (SSSR count). The van der Waals surface area contributed by atoms with E-state index in [1.807, 2.05) is 13.0 Å². The number of hydrogen-bond donors (Lipinski definition) is 4. The summed E-state index contributed by atoms with van der Waals surface area (Å²) in [7, 11) is 0. The van der Waals surface area contributed by atoms with Crippen molar-refractivity contribution in [1.29, 1.82) is 0 Å². The number of phenols is 1. The zero-order valence-corrected chi connectivity index (χ0v) is 14.3. The monoisotopic (exact) mass is 349 g/mol. The molecular formula is C19H19N5O2. The number of carbonyl (C=O) groups excluding carboxylic acids is 1. The van der Waals surface area contributed by atoms with Crippen LogP contribution in [0, 0.1) is 18.8 Å². The molecule has 1 amide bonds. The number of fused-ring (bicyclic) bond motifs is 2. The first-order chi connectivity index (χ1) is 12.6. The third-order valence-electron chi connectivity index (χ3n) is 5.50. The highest BCUT2D eigenvalue weighted by Crippen LogP contribution is 2.42. The lowest BCUT2D eigenvalue weighted by molar-refractivity contribution is 0.0948. The van der Waals surface area contributed by atoms with Crippen LogP contribution in [0.2, 0.25) is 0 Å². The molecule has 2 unspecified atom stereocenters. The van der Waals surface area contributed by atoms with Crippen LogP contribution in [0.15, 0.2) is 30.3 Å². The molecule has 132 valence electrons. The second-order valence-corrected chi connectivity index (χ2v) is 7.13. The van der Waals surface area contributed by atoms with Gasteiger partial charge in [-0.2, -0.15) is 5.10 Å². The van der Waals surface area contributed by atoms with Crippen LogP contribution in [0.3, 0.4) is 0 Å². The summed E-state index contributed by atoms with van der Waals surface area (Å²) >= 11 is 0. The van der Waals surface area contributed by atoms with Crippen LogP contribution in [0.1, 0.15) is 16.1 Å². The van der Waals surface area contributed by atoms with Crippen molar-refractivity contribution in [2.45, 2.75) is 13.0 Å². The van der Waals surface area contributed by atoms with Crippen molar-refractivity contribution in [2.24, 2.45) is 11.8 Å². The largest absolute Gasteiger partial charge is 0.508 e. The normalized spacial score (nSPS) is 23.8. The van der Waals surface area contributed by atoms with Crippen molar-refractivity contribution >= 4 is 16.9 Å². The zero-order chi connectivity index (χ0) is 17.8. The molecule has 0 radical (unpaired) electrons. The molecule has 4 N–H and O–H groups in total. The second kappa shape index (κ2) is 5.54. The Morgan fingerprint density at radius 1 is 1.23 bits per heavy atom. The fraction of sp³-hybridized carbons (Fsp3) is 0.316. The molecule has 2 fully saturated rings. The Hall–Kier alpha value is -2.93. The Balaban J connectivity index is 1.55. The predicted molar refractivity (Wildman–Crippen MR) is 96.8 cm³/mol. The quantitative estimate of drug-likeness (QED) is 0.575. The number of nitrogens with zero attached hydrogens (tertiary/aromatic N) is 2. The standard InChI is InChI=1S/C19H19N5O2/c1-9-16-12(19(26)22-17-13-7-20-8-14(13)17)6-15(21-18(16)24-23-9)10-2-4-11(25)5-3-10/h2-6,13-14,17,20,25H,7-8H2,1H3,(H,22,26)(H,21,23,24). The third-order valence-corrected chi connectivity index (χ3v) is 5.50. The number of phenolic OH excluding ortho intramolecular Hbond substituents is 1. The molecule has 1 saturated carbocycles. The van der Waals surface area contributed by atoms with Gasteiger partial charge in [0.25, 0.3) is 5.91 Å². The van der Waals surface area contributed by atoms with E-state index in [9.17, 15) is 9.90 Å². The number of benzene rings is 1. The maximum Gasteiger partial charge on any atom is 0.252 e. The van der Waals surface area contributed by atoms with Crippen molar-refractivity contribution in [3.63, 3.8) is 0 Å². The molecule has 7 nitrogen and oxygen atoms in total. The topological polar surface area (TPSA) is 103 Å². The number of rotatable bonds is 3. The van der Waals surface area contributed by atoms with Gasteiger partial charge in [0.15, 0.2) is 5.65 Å². The number of hydrogen-bond acceptors (Lipinski definition) is 5. The molecule has 0 spiro atoms. The first-order valence-corrected chi connectivity index (χ1v) is 8.78. The highest BCUT2D eigenvalue weighted by molar-refractivity contribution is 6.07. The Labute approximate surface area is 149 Å². The molecule has 1 aliphatic carbocycles. The number of amides is 1. The summed E-state index contributed by atoms with van der Waals surface area (Å²) < 4.78 is 0. The molecule has 2 aliphatic rings. The molecular weight excluding hydrogens is 330 g/mol. The lowest BCUT2D eigenvalue weighted by Gasteiger charge is -2.10. The molecule has 26 heavy (non-hydrogen) atoms. The maximum atomic E-state index is 13.0.